The van der Waals surface area contributed by atoms with E-state index in [0.29, 0.717) is 25.2 Å². The van der Waals surface area contributed by atoms with Crippen LogP contribution in [0.25, 0.3) is 0 Å². The second-order valence-electron chi connectivity index (χ2n) is 6.22. The average molecular weight is 382 g/mol. The van der Waals surface area contributed by atoms with Gasteiger partial charge in [0.05, 0.1) is 4.90 Å². The predicted octanol–water partition coefficient (Wildman–Crippen LogP) is 0.0544. The van der Waals surface area contributed by atoms with Crippen LogP contribution in [0.15, 0.2) is 29.2 Å². The number of rotatable bonds is 7. The van der Waals surface area contributed by atoms with Gasteiger partial charge in [-0.25, -0.2) is 13.1 Å². The number of piperidine rings is 1. The summed E-state index contributed by atoms with van der Waals surface area (Å²) < 4.78 is 25.8. The fourth-order valence-electron chi connectivity index (χ4n) is 2.99. The summed E-state index contributed by atoms with van der Waals surface area (Å²) in [6.07, 6.45) is 2.99. The molecule has 0 spiro atoms. The van der Waals surface area contributed by atoms with Crippen LogP contribution < -0.4 is 15.8 Å². The Balaban J connectivity index is 2.09. The Morgan fingerprint density at radius 2 is 1.92 bits per heavy atom. The van der Waals surface area contributed by atoms with E-state index in [2.05, 4.69) is 10.0 Å². The van der Waals surface area contributed by atoms with E-state index >= 15 is 0 Å². The van der Waals surface area contributed by atoms with Crippen LogP contribution in [-0.4, -0.2) is 57.9 Å². The molecule has 1 aromatic rings. The van der Waals surface area contributed by atoms with Crippen molar-refractivity contribution in [2.24, 2.45) is 5.73 Å². The zero-order valence-corrected chi connectivity index (χ0v) is 15.7. The summed E-state index contributed by atoms with van der Waals surface area (Å²) in [5.74, 6) is -0.275. The summed E-state index contributed by atoms with van der Waals surface area (Å²) in [7, 11) is -2.19. The first kappa shape index (κ1) is 20.3. The minimum absolute atomic E-state index is 0.0707. The molecule has 0 saturated carbocycles. The van der Waals surface area contributed by atoms with E-state index in [0.717, 1.165) is 19.3 Å². The molecule has 2 rings (SSSR count). The molecule has 1 aromatic carbocycles. The molecule has 144 valence electrons. The third kappa shape index (κ3) is 5.03. The van der Waals surface area contributed by atoms with Crippen molar-refractivity contribution in [2.45, 2.75) is 36.6 Å². The third-order valence-electron chi connectivity index (χ3n) is 4.47. The molecule has 0 radical (unpaired) electrons. The maximum Gasteiger partial charge on any atom is 0.254 e. The van der Waals surface area contributed by atoms with Crippen molar-refractivity contribution in [3.8, 4) is 0 Å². The predicted molar refractivity (Wildman–Crippen MR) is 98.0 cm³/mol. The SMILES string of the molecule is CNS(=O)(=O)c1ccc(C(=O)N2CCCCC2CNC(=O)CCN)cc1. The molecule has 0 aromatic heterocycles. The van der Waals surface area contributed by atoms with Gasteiger partial charge >= 0.3 is 0 Å². The Morgan fingerprint density at radius 1 is 1.23 bits per heavy atom. The Kier molecular flexibility index (Phi) is 7.13. The molecule has 1 aliphatic heterocycles. The van der Waals surface area contributed by atoms with Crippen LogP contribution in [0.3, 0.4) is 0 Å². The smallest absolute Gasteiger partial charge is 0.254 e. The first-order chi connectivity index (χ1) is 12.4. The lowest BCUT2D eigenvalue weighted by Crippen LogP contribution is -2.49. The summed E-state index contributed by atoms with van der Waals surface area (Å²) in [5, 5.41) is 2.83. The zero-order valence-electron chi connectivity index (χ0n) is 14.9. The van der Waals surface area contributed by atoms with E-state index in [-0.39, 0.29) is 29.2 Å². The van der Waals surface area contributed by atoms with Gasteiger partial charge in [0.25, 0.3) is 5.91 Å². The monoisotopic (exact) mass is 382 g/mol. The average Bonchev–Trinajstić information content (AvgIpc) is 2.66. The highest BCUT2D eigenvalue weighted by Crippen LogP contribution is 2.20. The van der Waals surface area contributed by atoms with Gasteiger partial charge in [0.15, 0.2) is 0 Å². The number of hydrogen-bond acceptors (Lipinski definition) is 5. The number of hydrogen-bond donors (Lipinski definition) is 3. The summed E-state index contributed by atoms with van der Waals surface area (Å²) in [6, 6.07) is 5.80. The van der Waals surface area contributed by atoms with Crippen molar-refractivity contribution < 1.29 is 18.0 Å². The maximum absolute atomic E-state index is 12.8. The summed E-state index contributed by atoms with van der Waals surface area (Å²) in [6.45, 7) is 1.31. The number of sulfonamides is 1. The molecule has 1 saturated heterocycles. The molecule has 0 bridgehead atoms. The van der Waals surface area contributed by atoms with Crippen LogP contribution in [0, 0.1) is 0 Å². The van der Waals surface area contributed by atoms with Gasteiger partial charge in [-0.2, -0.15) is 0 Å². The Labute approximate surface area is 154 Å². The second kappa shape index (κ2) is 9.11. The molecule has 0 aliphatic carbocycles. The number of carbonyl (C=O) groups is 2. The van der Waals surface area contributed by atoms with E-state index in [1.54, 1.807) is 4.90 Å². The number of likely N-dealkylation sites (tertiary alicyclic amines) is 1. The normalized spacial score (nSPS) is 17.8. The fourth-order valence-corrected chi connectivity index (χ4v) is 3.72. The lowest BCUT2D eigenvalue weighted by atomic mass is 10.0. The first-order valence-corrected chi connectivity index (χ1v) is 10.2. The van der Waals surface area contributed by atoms with Gasteiger partial charge in [0, 0.05) is 37.7 Å². The minimum atomic E-state index is -3.53. The van der Waals surface area contributed by atoms with Crippen LogP contribution in [0.5, 0.6) is 0 Å². The van der Waals surface area contributed by atoms with Gasteiger partial charge in [-0.3, -0.25) is 9.59 Å². The lowest BCUT2D eigenvalue weighted by molar-refractivity contribution is -0.121. The molecule has 1 atom stereocenters. The highest BCUT2D eigenvalue weighted by atomic mass is 32.2. The van der Waals surface area contributed by atoms with Gasteiger partial charge in [-0.05, 0) is 50.6 Å². The van der Waals surface area contributed by atoms with Gasteiger partial charge in [0.2, 0.25) is 15.9 Å². The second-order valence-corrected chi connectivity index (χ2v) is 8.11. The molecule has 1 heterocycles. The third-order valence-corrected chi connectivity index (χ3v) is 5.90. The molecule has 26 heavy (non-hydrogen) atoms. The molecule has 4 N–H and O–H groups in total. The summed E-state index contributed by atoms with van der Waals surface area (Å²) in [5.41, 5.74) is 5.80. The zero-order chi connectivity index (χ0) is 19.2. The molecular weight excluding hydrogens is 356 g/mol. The number of nitrogens with zero attached hydrogens (tertiary/aromatic N) is 1. The van der Waals surface area contributed by atoms with E-state index in [1.807, 2.05) is 0 Å². The molecular formula is C17H26N4O4S. The number of amides is 2. The Hall–Kier alpha value is -1.97. The largest absolute Gasteiger partial charge is 0.354 e. The molecule has 1 fully saturated rings. The van der Waals surface area contributed by atoms with Crippen molar-refractivity contribution in [1.29, 1.82) is 0 Å². The quantitative estimate of drug-likeness (QED) is 0.615. The standard InChI is InChI=1S/C17H26N4O4S/c1-19-26(24,25)15-7-5-13(6-8-15)17(23)21-11-3-2-4-14(21)12-20-16(22)9-10-18/h5-8,14,19H,2-4,9-12,18H2,1H3,(H,20,22). The summed E-state index contributed by atoms with van der Waals surface area (Å²) in [4.78, 5) is 26.3. The first-order valence-electron chi connectivity index (χ1n) is 8.70. The molecule has 1 unspecified atom stereocenters. The van der Waals surface area contributed by atoms with Crippen molar-refractivity contribution in [2.75, 3.05) is 26.7 Å². The van der Waals surface area contributed by atoms with Gasteiger partial charge in [-0.15, -0.1) is 0 Å². The lowest BCUT2D eigenvalue weighted by Gasteiger charge is -2.36. The van der Waals surface area contributed by atoms with Crippen molar-refractivity contribution in [3.05, 3.63) is 29.8 Å². The van der Waals surface area contributed by atoms with Crippen molar-refractivity contribution >= 4 is 21.8 Å². The molecule has 8 nitrogen and oxygen atoms in total. The highest BCUT2D eigenvalue weighted by molar-refractivity contribution is 7.89. The van der Waals surface area contributed by atoms with Crippen LogP contribution in [0.2, 0.25) is 0 Å². The fraction of sp³-hybridized carbons (Fsp3) is 0.529. The van der Waals surface area contributed by atoms with Crippen LogP contribution in [0.1, 0.15) is 36.0 Å². The number of benzene rings is 1. The minimum Gasteiger partial charge on any atom is -0.354 e. The van der Waals surface area contributed by atoms with Crippen molar-refractivity contribution in [1.82, 2.24) is 14.9 Å². The van der Waals surface area contributed by atoms with Gasteiger partial charge in [0.1, 0.15) is 0 Å². The summed E-state index contributed by atoms with van der Waals surface area (Å²) >= 11 is 0. The molecule has 9 heteroatoms. The van der Waals surface area contributed by atoms with E-state index in [4.69, 9.17) is 5.73 Å². The van der Waals surface area contributed by atoms with E-state index < -0.39 is 10.0 Å². The Morgan fingerprint density at radius 3 is 2.54 bits per heavy atom. The number of carbonyl (C=O) groups excluding carboxylic acids is 2. The Bertz CT molecular complexity index is 734. The highest BCUT2D eigenvalue weighted by Gasteiger charge is 2.28. The van der Waals surface area contributed by atoms with E-state index in [9.17, 15) is 18.0 Å². The molecule has 1 aliphatic rings. The number of nitrogens with one attached hydrogen (secondary N) is 2. The van der Waals surface area contributed by atoms with Crippen molar-refractivity contribution in [3.63, 3.8) is 0 Å². The van der Waals surface area contributed by atoms with Crippen LogP contribution in [0.4, 0.5) is 0 Å². The van der Waals surface area contributed by atoms with Gasteiger partial charge in [-0.1, -0.05) is 0 Å². The number of nitrogens with two attached hydrogens (primary N) is 1. The van der Waals surface area contributed by atoms with E-state index in [1.165, 1.54) is 31.3 Å². The molecule has 2 amide bonds. The maximum atomic E-state index is 12.8. The van der Waals surface area contributed by atoms with Crippen LogP contribution >= 0.6 is 0 Å². The topological polar surface area (TPSA) is 122 Å². The van der Waals surface area contributed by atoms with Gasteiger partial charge < -0.3 is 16.0 Å². The van der Waals surface area contributed by atoms with Crippen LogP contribution in [-0.2, 0) is 14.8 Å².